The molecule has 0 aliphatic rings. The molecule has 0 atom stereocenters. The third kappa shape index (κ3) is 20.1. The second-order valence-corrected chi connectivity index (χ2v) is 9.04. The minimum absolute atomic E-state index is 1.24. The first-order valence-electron chi connectivity index (χ1n) is 11.9. The highest BCUT2D eigenvalue weighted by molar-refractivity contribution is 4.49. The quantitative estimate of drug-likeness (QED) is 0.153. The Kier molecular flexibility index (Phi) is 18.7. The Morgan fingerprint density at radius 1 is 0.360 bits per heavy atom. The minimum atomic E-state index is 1.24. The molecule has 0 saturated carbocycles. The summed E-state index contributed by atoms with van der Waals surface area (Å²) in [6.07, 6.45) is 26.0. The first-order valence-corrected chi connectivity index (χ1v) is 11.9. The van der Waals surface area contributed by atoms with Crippen molar-refractivity contribution in [2.45, 2.75) is 129 Å². The molecule has 0 aromatic carbocycles. The number of nitrogens with zero attached hydrogens (tertiary/aromatic N) is 1. The van der Waals surface area contributed by atoms with Crippen LogP contribution in [0.3, 0.4) is 0 Å². The Bertz CT molecular complexity index is 222. The molecule has 0 aliphatic heterocycles. The van der Waals surface area contributed by atoms with Crippen molar-refractivity contribution < 1.29 is 4.48 Å². The van der Waals surface area contributed by atoms with Gasteiger partial charge >= 0.3 is 0 Å². The summed E-state index contributed by atoms with van der Waals surface area (Å²) in [5.74, 6) is 0. The lowest BCUT2D eigenvalue weighted by molar-refractivity contribution is -0.890. The fourth-order valence-corrected chi connectivity index (χ4v) is 3.81. The molecular formula is C24H52N+. The molecule has 0 spiro atoms. The Morgan fingerprint density at radius 2 is 0.600 bits per heavy atom. The summed E-state index contributed by atoms with van der Waals surface area (Å²) in [5, 5.41) is 0. The molecule has 0 aliphatic carbocycles. The number of rotatable bonds is 20. The molecule has 0 fully saturated rings. The van der Waals surface area contributed by atoms with Gasteiger partial charge in [-0.15, -0.1) is 0 Å². The standard InChI is InChI=1S/C24H52N/c1-5-7-9-11-13-15-17-19-21-23-25(3,4)24-22-20-18-16-14-12-10-8-6-2/h5-24H2,1-4H3/q+1. The Labute approximate surface area is 161 Å². The van der Waals surface area contributed by atoms with Gasteiger partial charge in [0.2, 0.25) is 0 Å². The third-order valence-corrected chi connectivity index (χ3v) is 5.73. The van der Waals surface area contributed by atoms with E-state index in [9.17, 15) is 0 Å². The number of quaternary nitrogens is 1. The van der Waals surface area contributed by atoms with Gasteiger partial charge in [-0.05, 0) is 25.7 Å². The lowest BCUT2D eigenvalue weighted by Crippen LogP contribution is -2.41. The van der Waals surface area contributed by atoms with Crippen LogP contribution in [0.1, 0.15) is 129 Å². The summed E-state index contributed by atoms with van der Waals surface area (Å²) in [6, 6.07) is 0. The van der Waals surface area contributed by atoms with Gasteiger partial charge in [-0.1, -0.05) is 104 Å². The molecule has 0 saturated heterocycles. The van der Waals surface area contributed by atoms with Crippen molar-refractivity contribution in [2.24, 2.45) is 0 Å². The van der Waals surface area contributed by atoms with Gasteiger partial charge in [0.25, 0.3) is 0 Å². The van der Waals surface area contributed by atoms with Gasteiger partial charge in [0, 0.05) is 0 Å². The van der Waals surface area contributed by atoms with E-state index in [1.807, 2.05) is 0 Å². The number of hydrogen-bond acceptors (Lipinski definition) is 0. The topological polar surface area (TPSA) is 0 Å². The van der Waals surface area contributed by atoms with Crippen molar-refractivity contribution in [2.75, 3.05) is 27.2 Å². The van der Waals surface area contributed by atoms with Gasteiger partial charge in [-0.25, -0.2) is 0 Å². The number of unbranched alkanes of at least 4 members (excludes halogenated alkanes) is 16. The molecule has 1 heteroatoms. The largest absolute Gasteiger partial charge is 0.328 e. The van der Waals surface area contributed by atoms with E-state index in [2.05, 4.69) is 27.9 Å². The van der Waals surface area contributed by atoms with Crippen molar-refractivity contribution in [3.63, 3.8) is 0 Å². The summed E-state index contributed by atoms with van der Waals surface area (Å²) in [5.41, 5.74) is 0. The van der Waals surface area contributed by atoms with Crippen LogP contribution < -0.4 is 0 Å². The Balaban J connectivity index is 3.32. The van der Waals surface area contributed by atoms with Gasteiger partial charge < -0.3 is 4.48 Å². The number of hydrogen-bond donors (Lipinski definition) is 0. The summed E-state index contributed by atoms with van der Waals surface area (Å²) >= 11 is 0. The van der Waals surface area contributed by atoms with Crippen LogP contribution >= 0.6 is 0 Å². The molecule has 25 heavy (non-hydrogen) atoms. The van der Waals surface area contributed by atoms with E-state index in [1.165, 1.54) is 133 Å². The maximum Gasteiger partial charge on any atom is 0.0782 e. The van der Waals surface area contributed by atoms with Crippen molar-refractivity contribution in [3.8, 4) is 0 Å². The van der Waals surface area contributed by atoms with Crippen LogP contribution in [0.25, 0.3) is 0 Å². The lowest BCUT2D eigenvalue weighted by atomic mass is 10.1. The van der Waals surface area contributed by atoms with Crippen LogP contribution in [-0.4, -0.2) is 31.7 Å². The van der Waals surface area contributed by atoms with Crippen molar-refractivity contribution in [3.05, 3.63) is 0 Å². The van der Waals surface area contributed by atoms with E-state index in [-0.39, 0.29) is 0 Å². The average Bonchev–Trinajstić information content (AvgIpc) is 2.59. The van der Waals surface area contributed by atoms with Crippen molar-refractivity contribution in [1.29, 1.82) is 0 Å². The van der Waals surface area contributed by atoms with Crippen molar-refractivity contribution in [1.82, 2.24) is 0 Å². The summed E-state index contributed by atoms with van der Waals surface area (Å²) in [6.45, 7) is 7.36. The maximum absolute atomic E-state index is 2.44. The van der Waals surface area contributed by atoms with E-state index in [0.29, 0.717) is 0 Å². The Hall–Kier alpha value is -0.0400. The monoisotopic (exact) mass is 354 g/mol. The highest BCUT2D eigenvalue weighted by Gasteiger charge is 2.13. The zero-order valence-electron chi connectivity index (χ0n) is 18.6. The highest BCUT2D eigenvalue weighted by atomic mass is 15.3. The molecule has 0 N–H and O–H groups in total. The smallest absolute Gasteiger partial charge is 0.0782 e. The average molecular weight is 355 g/mol. The molecule has 0 radical (unpaired) electrons. The van der Waals surface area contributed by atoms with Crippen LogP contribution in [0.5, 0.6) is 0 Å². The second-order valence-electron chi connectivity index (χ2n) is 9.04. The van der Waals surface area contributed by atoms with E-state index in [1.54, 1.807) is 0 Å². The molecular weight excluding hydrogens is 302 g/mol. The molecule has 0 rings (SSSR count). The van der Waals surface area contributed by atoms with Crippen molar-refractivity contribution >= 4 is 0 Å². The van der Waals surface area contributed by atoms with E-state index in [0.717, 1.165) is 0 Å². The van der Waals surface area contributed by atoms with Gasteiger partial charge in [-0.2, -0.15) is 0 Å². The predicted octanol–water partition coefficient (Wildman–Crippen LogP) is 8.12. The van der Waals surface area contributed by atoms with E-state index < -0.39 is 0 Å². The fraction of sp³-hybridized carbons (Fsp3) is 1.00. The normalized spacial score (nSPS) is 12.0. The van der Waals surface area contributed by atoms with Crippen LogP contribution in [0.4, 0.5) is 0 Å². The minimum Gasteiger partial charge on any atom is -0.328 e. The zero-order chi connectivity index (χ0) is 18.6. The van der Waals surface area contributed by atoms with Crippen LogP contribution in [0.2, 0.25) is 0 Å². The molecule has 0 amide bonds. The fourth-order valence-electron chi connectivity index (χ4n) is 3.81. The highest BCUT2D eigenvalue weighted by Crippen LogP contribution is 2.13. The molecule has 0 aromatic rings. The molecule has 1 nitrogen and oxygen atoms in total. The van der Waals surface area contributed by atoms with Gasteiger partial charge in [-0.3, -0.25) is 0 Å². The van der Waals surface area contributed by atoms with Crippen LogP contribution in [-0.2, 0) is 0 Å². The zero-order valence-corrected chi connectivity index (χ0v) is 18.6. The maximum atomic E-state index is 2.44. The summed E-state index contributed by atoms with van der Waals surface area (Å²) in [4.78, 5) is 0. The molecule has 0 aromatic heterocycles. The summed E-state index contributed by atoms with van der Waals surface area (Å²) in [7, 11) is 4.88. The second kappa shape index (κ2) is 18.7. The molecule has 152 valence electrons. The Morgan fingerprint density at radius 3 is 0.880 bits per heavy atom. The van der Waals surface area contributed by atoms with Gasteiger partial charge in [0.15, 0.2) is 0 Å². The molecule has 0 unspecified atom stereocenters. The summed E-state index contributed by atoms with van der Waals surface area (Å²) < 4.78 is 1.24. The first kappa shape index (κ1) is 25.0. The predicted molar refractivity (Wildman–Crippen MR) is 116 cm³/mol. The van der Waals surface area contributed by atoms with Gasteiger partial charge in [0.1, 0.15) is 0 Å². The lowest BCUT2D eigenvalue weighted by Gasteiger charge is -2.30. The molecule has 0 bridgehead atoms. The molecule has 0 heterocycles. The first-order chi connectivity index (χ1) is 12.1. The van der Waals surface area contributed by atoms with E-state index in [4.69, 9.17) is 0 Å². The van der Waals surface area contributed by atoms with Gasteiger partial charge in [0.05, 0.1) is 27.2 Å². The third-order valence-electron chi connectivity index (χ3n) is 5.73. The SMILES string of the molecule is CCCCCCCCCCC[N+](C)(C)CCCCCCCCCCC. The van der Waals surface area contributed by atoms with E-state index >= 15 is 0 Å². The van der Waals surface area contributed by atoms with Crippen LogP contribution in [0.15, 0.2) is 0 Å². The van der Waals surface area contributed by atoms with Crippen LogP contribution in [0, 0.1) is 0 Å².